The molecule has 0 saturated carbocycles. The van der Waals surface area contributed by atoms with Gasteiger partial charge < -0.3 is 0 Å². The Kier molecular flexibility index (Phi) is 5.30. The van der Waals surface area contributed by atoms with Crippen molar-refractivity contribution in [3.05, 3.63) is 11.5 Å². The third-order valence-electron chi connectivity index (χ3n) is 1.62. The Morgan fingerprint density at radius 1 is 1.64 bits per heavy atom. The molecule has 0 rings (SSSR count). The van der Waals surface area contributed by atoms with E-state index in [2.05, 4.69) is 20.4 Å². The van der Waals surface area contributed by atoms with Crippen LogP contribution in [0.25, 0.3) is 0 Å². The monoisotopic (exact) mass is 172 g/mol. The predicted molar refractivity (Wildman–Crippen MR) is 51.7 cm³/mol. The number of thioether (sulfide) groups is 1. The zero-order valence-corrected chi connectivity index (χ0v) is 8.33. The van der Waals surface area contributed by atoms with Crippen molar-refractivity contribution >= 4 is 17.5 Å². The van der Waals surface area contributed by atoms with Gasteiger partial charge in [-0.25, -0.2) is 0 Å². The van der Waals surface area contributed by atoms with Gasteiger partial charge in [-0.15, -0.1) is 11.8 Å². The third-order valence-corrected chi connectivity index (χ3v) is 2.95. The van der Waals surface area contributed by atoms with E-state index in [9.17, 15) is 4.79 Å². The van der Waals surface area contributed by atoms with Crippen molar-refractivity contribution in [1.29, 1.82) is 0 Å². The summed E-state index contributed by atoms with van der Waals surface area (Å²) in [7, 11) is 0. The van der Waals surface area contributed by atoms with Gasteiger partial charge in [-0.3, -0.25) is 4.79 Å². The maximum absolute atomic E-state index is 10.6. The Morgan fingerprint density at radius 2 is 2.18 bits per heavy atom. The molecule has 0 heterocycles. The first-order valence-corrected chi connectivity index (χ1v) is 4.87. The van der Waals surface area contributed by atoms with Crippen molar-refractivity contribution in [2.24, 2.45) is 5.92 Å². The highest BCUT2D eigenvalue weighted by molar-refractivity contribution is 8.03. The first-order valence-electron chi connectivity index (χ1n) is 3.89. The van der Waals surface area contributed by atoms with Gasteiger partial charge in [0.1, 0.15) is 5.78 Å². The van der Waals surface area contributed by atoms with E-state index >= 15 is 0 Å². The highest BCUT2D eigenvalue weighted by Crippen LogP contribution is 2.24. The van der Waals surface area contributed by atoms with Gasteiger partial charge >= 0.3 is 0 Å². The van der Waals surface area contributed by atoms with E-state index in [1.165, 1.54) is 0 Å². The van der Waals surface area contributed by atoms with E-state index < -0.39 is 0 Å². The summed E-state index contributed by atoms with van der Waals surface area (Å²) in [5, 5.41) is 0. The van der Waals surface area contributed by atoms with E-state index in [1.807, 2.05) is 0 Å². The Balaban J connectivity index is 3.60. The quantitative estimate of drug-likeness (QED) is 0.634. The Labute approximate surface area is 73.3 Å². The van der Waals surface area contributed by atoms with Gasteiger partial charge in [0, 0.05) is 0 Å². The van der Waals surface area contributed by atoms with E-state index in [0.29, 0.717) is 11.7 Å². The van der Waals surface area contributed by atoms with Crippen LogP contribution in [0.4, 0.5) is 0 Å². The zero-order valence-electron chi connectivity index (χ0n) is 7.52. The Morgan fingerprint density at radius 3 is 2.55 bits per heavy atom. The number of ketones is 1. The summed E-state index contributed by atoms with van der Waals surface area (Å²) in [6.45, 7) is 9.78. The van der Waals surface area contributed by atoms with Gasteiger partial charge in [0.25, 0.3) is 0 Å². The van der Waals surface area contributed by atoms with Crippen LogP contribution in [0.3, 0.4) is 0 Å². The summed E-state index contributed by atoms with van der Waals surface area (Å²) in [4.78, 5) is 11.7. The van der Waals surface area contributed by atoms with Crippen LogP contribution in [0.5, 0.6) is 0 Å². The minimum atomic E-state index is 0.222. The normalized spacial score (nSPS) is 12.6. The second kappa shape index (κ2) is 5.42. The molecule has 11 heavy (non-hydrogen) atoms. The first-order chi connectivity index (χ1) is 5.07. The van der Waals surface area contributed by atoms with Crippen LogP contribution < -0.4 is 0 Å². The summed E-state index contributed by atoms with van der Waals surface area (Å²) in [6.07, 6.45) is 1.10. The number of hydrogen-bond donors (Lipinski definition) is 0. The van der Waals surface area contributed by atoms with Crippen molar-refractivity contribution < 1.29 is 4.79 Å². The molecule has 1 nitrogen and oxygen atoms in total. The molecule has 0 saturated heterocycles. The number of carbonyl (C=O) groups is 1. The zero-order chi connectivity index (χ0) is 8.85. The molecule has 0 fully saturated rings. The first kappa shape index (κ1) is 10.8. The minimum absolute atomic E-state index is 0.222. The second-order valence-corrected chi connectivity index (χ2v) is 3.87. The van der Waals surface area contributed by atoms with Crippen LogP contribution in [0.15, 0.2) is 11.5 Å². The van der Waals surface area contributed by atoms with Crippen molar-refractivity contribution in [3.8, 4) is 0 Å². The molecule has 1 atom stereocenters. The number of Topliss-reactive ketones (excluding diaryl/α,β-unsaturated/α-hetero) is 1. The lowest BCUT2D eigenvalue weighted by molar-refractivity contribution is -0.114. The fourth-order valence-corrected chi connectivity index (χ4v) is 1.40. The molecule has 0 amide bonds. The molecule has 2 heteroatoms. The number of hydrogen-bond acceptors (Lipinski definition) is 2. The second-order valence-electron chi connectivity index (χ2n) is 2.77. The van der Waals surface area contributed by atoms with Gasteiger partial charge in [-0.05, 0) is 24.2 Å². The van der Waals surface area contributed by atoms with Crippen molar-refractivity contribution in [2.45, 2.75) is 27.2 Å². The molecular weight excluding hydrogens is 156 g/mol. The molecule has 0 aliphatic rings. The highest BCUT2D eigenvalue weighted by Gasteiger charge is 2.04. The molecule has 0 N–H and O–H groups in total. The number of carbonyl (C=O) groups excluding carboxylic acids is 1. The van der Waals surface area contributed by atoms with Crippen molar-refractivity contribution in [1.82, 2.24) is 0 Å². The van der Waals surface area contributed by atoms with Crippen LogP contribution in [0.1, 0.15) is 27.2 Å². The lowest BCUT2D eigenvalue weighted by Gasteiger charge is -2.09. The van der Waals surface area contributed by atoms with E-state index in [-0.39, 0.29) is 5.78 Å². The average molecular weight is 172 g/mol. The lowest BCUT2D eigenvalue weighted by Crippen LogP contribution is -1.98. The predicted octanol–water partition coefficient (Wildman–Crippen LogP) is 2.87. The molecule has 0 bridgehead atoms. The largest absolute Gasteiger partial charge is 0.299 e. The van der Waals surface area contributed by atoms with Gasteiger partial charge in [0.2, 0.25) is 0 Å². The van der Waals surface area contributed by atoms with E-state index in [0.717, 1.165) is 11.3 Å². The lowest BCUT2D eigenvalue weighted by atomic mass is 10.1. The van der Waals surface area contributed by atoms with Crippen LogP contribution in [0, 0.1) is 5.92 Å². The molecular formula is C9H16OS. The molecule has 0 spiro atoms. The van der Waals surface area contributed by atoms with Gasteiger partial charge in [-0.2, -0.15) is 0 Å². The molecule has 0 aliphatic carbocycles. The van der Waals surface area contributed by atoms with Gasteiger partial charge in [0.05, 0.1) is 5.75 Å². The van der Waals surface area contributed by atoms with Crippen LogP contribution in [0.2, 0.25) is 0 Å². The number of allylic oxidation sites excluding steroid dienone is 1. The highest BCUT2D eigenvalue weighted by atomic mass is 32.2. The third kappa shape index (κ3) is 5.08. The molecule has 0 radical (unpaired) electrons. The Hall–Kier alpha value is -0.240. The molecule has 0 aliphatic heterocycles. The molecule has 0 aromatic heterocycles. The maximum atomic E-state index is 10.6. The van der Waals surface area contributed by atoms with E-state index in [4.69, 9.17) is 0 Å². The summed E-state index contributed by atoms with van der Waals surface area (Å²) >= 11 is 1.57. The summed E-state index contributed by atoms with van der Waals surface area (Å²) in [5.74, 6) is 1.32. The smallest absolute Gasteiger partial charge is 0.140 e. The standard InChI is InChI=1S/C9H16OS/c1-5-7(2)9(4)11-6-8(3)10/h7H,4-6H2,1-3H3. The average Bonchev–Trinajstić information content (AvgIpc) is 1.98. The maximum Gasteiger partial charge on any atom is 0.140 e. The fraction of sp³-hybridized carbons (Fsp3) is 0.667. The van der Waals surface area contributed by atoms with Crippen LogP contribution in [-0.2, 0) is 4.79 Å². The fourth-order valence-electron chi connectivity index (χ4n) is 0.564. The summed E-state index contributed by atoms with van der Waals surface area (Å²) in [6, 6.07) is 0. The molecule has 1 unspecified atom stereocenters. The summed E-state index contributed by atoms with van der Waals surface area (Å²) < 4.78 is 0. The Bertz CT molecular complexity index is 152. The van der Waals surface area contributed by atoms with E-state index in [1.54, 1.807) is 18.7 Å². The van der Waals surface area contributed by atoms with Crippen LogP contribution >= 0.6 is 11.8 Å². The minimum Gasteiger partial charge on any atom is -0.299 e. The molecule has 0 aromatic carbocycles. The van der Waals surface area contributed by atoms with Crippen LogP contribution in [-0.4, -0.2) is 11.5 Å². The molecule has 0 aromatic rings. The summed E-state index contributed by atoms with van der Waals surface area (Å²) in [5.41, 5.74) is 0. The SMILES string of the molecule is C=C(SCC(C)=O)C(C)CC. The molecule has 64 valence electrons. The van der Waals surface area contributed by atoms with Crippen molar-refractivity contribution in [3.63, 3.8) is 0 Å². The van der Waals surface area contributed by atoms with Gasteiger partial charge in [-0.1, -0.05) is 20.4 Å². The van der Waals surface area contributed by atoms with Gasteiger partial charge in [0.15, 0.2) is 0 Å². The van der Waals surface area contributed by atoms with Crippen molar-refractivity contribution in [2.75, 3.05) is 5.75 Å². The number of rotatable bonds is 5. The topological polar surface area (TPSA) is 17.1 Å².